The maximum absolute atomic E-state index is 12.1. The average Bonchev–Trinajstić information content (AvgIpc) is 3.67. The fourth-order valence-corrected chi connectivity index (χ4v) is 4.67. The number of nitrogens with zero attached hydrogens (tertiary/aromatic N) is 4. The van der Waals surface area contributed by atoms with Gasteiger partial charge < -0.3 is 20.3 Å². The number of amides is 2. The van der Waals surface area contributed by atoms with E-state index in [1.165, 1.54) is 0 Å². The molecular formula is C26H30N6O2S. The molecule has 3 aromatic rings. The lowest BCUT2D eigenvalue weighted by Crippen LogP contribution is -2.54. The third-order valence-corrected chi connectivity index (χ3v) is 6.97. The summed E-state index contributed by atoms with van der Waals surface area (Å²) in [6.45, 7) is 6.22. The van der Waals surface area contributed by atoms with Crippen LogP contribution in [0.1, 0.15) is 26.7 Å². The second-order valence-corrected chi connectivity index (χ2v) is 10.3. The molecule has 1 saturated heterocycles. The van der Waals surface area contributed by atoms with Crippen LogP contribution in [0, 0.1) is 0 Å². The summed E-state index contributed by atoms with van der Waals surface area (Å²) in [6, 6.07) is 15.9. The highest BCUT2D eigenvalue weighted by Crippen LogP contribution is 2.32. The molecule has 2 heterocycles. The van der Waals surface area contributed by atoms with E-state index in [-0.39, 0.29) is 11.6 Å². The van der Waals surface area contributed by atoms with Crippen LogP contribution in [0.4, 0.5) is 16.4 Å². The lowest BCUT2D eigenvalue weighted by Gasteiger charge is -2.42. The van der Waals surface area contributed by atoms with Gasteiger partial charge in [0.05, 0.1) is 18.8 Å². The van der Waals surface area contributed by atoms with Crippen LogP contribution < -0.4 is 15.5 Å². The first-order valence-corrected chi connectivity index (χ1v) is 13.1. The van der Waals surface area contributed by atoms with Crippen LogP contribution in [0.15, 0.2) is 53.4 Å². The van der Waals surface area contributed by atoms with Gasteiger partial charge in [-0.15, -0.1) is 11.8 Å². The van der Waals surface area contributed by atoms with Crippen LogP contribution in [-0.2, 0) is 4.74 Å². The smallest absolute Gasteiger partial charge is 0.319 e. The SMILES string of the molecule is CSc1ccccc1-c1nc(-c2ccc(NC(=O)NC3CC3)cc2)nc(N2CCOCC2(C)C)n1. The van der Waals surface area contributed by atoms with E-state index in [0.29, 0.717) is 43.4 Å². The Bertz CT molecular complexity index is 1210. The van der Waals surface area contributed by atoms with E-state index in [0.717, 1.165) is 34.6 Å². The average molecular weight is 491 g/mol. The van der Waals surface area contributed by atoms with Crippen molar-refractivity contribution in [3.05, 3.63) is 48.5 Å². The lowest BCUT2D eigenvalue weighted by atomic mass is 10.0. The van der Waals surface area contributed by atoms with Crippen LogP contribution in [-0.4, -0.2) is 58.6 Å². The third kappa shape index (κ3) is 5.41. The predicted molar refractivity (Wildman–Crippen MR) is 140 cm³/mol. The number of morpholine rings is 1. The first kappa shape index (κ1) is 23.6. The Balaban J connectivity index is 1.51. The Morgan fingerprint density at radius 3 is 2.51 bits per heavy atom. The number of ether oxygens (including phenoxy) is 1. The lowest BCUT2D eigenvalue weighted by molar-refractivity contribution is 0.0634. The van der Waals surface area contributed by atoms with Gasteiger partial charge in [-0.2, -0.15) is 9.97 Å². The molecule has 1 aromatic heterocycles. The van der Waals surface area contributed by atoms with E-state index in [1.54, 1.807) is 11.8 Å². The number of carbonyl (C=O) groups excluding carboxylic acids is 1. The minimum atomic E-state index is -0.240. The van der Waals surface area contributed by atoms with Gasteiger partial charge in [-0.05, 0) is 63.3 Å². The van der Waals surface area contributed by atoms with Gasteiger partial charge in [-0.3, -0.25) is 0 Å². The Morgan fingerprint density at radius 2 is 1.80 bits per heavy atom. The Morgan fingerprint density at radius 1 is 1.06 bits per heavy atom. The maximum atomic E-state index is 12.1. The molecule has 2 aromatic carbocycles. The standard InChI is InChI=1S/C26H30N6O2S/c1-26(2)16-34-15-14-32(26)24-30-22(29-23(31-24)20-6-4-5-7-21(20)35-3)17-8-10-18(11-9-17)27-25(33)28-19-12-13-19/h4-11,19H,12-16H2,1-3H3,(H2,27,28,33). The number of hydrogen-bond donors (Lipinski definition) is 2. The summed E-state index contributed by atoms with van der Waals surface area (Å²) in [6.07, 6.45) is 4.16. The van der Waals surface area contributed by atoms with Gasteiger partial charge in [0, 0.05) is 34.3 Å². The van der Waals surface area contributed by atoms with Gasteiger partial charge in [0.25, 0.3) is 0 Å². The van der Waals surface area contributed by atoms with E-state index in [4.69, 9.17) is 19.7 Å². The van der Waals surface area contributed by atoms with Gasteiger partial charge in [-0.25, -0.2) is 9.78 Å². The van der Waals surface area contributed by atoms with E-state index in [1.807, 2.05) is 42.5 Å². The van der Waals surface area contributed by atoms with E-state index >= 15 is 0 Å². The molecule has 9 heteroatoms. The van der Waals surface area contributed by atoms with Gasteiger partial charge in [0.2, 0.25) is 5.95 Å². The van der Waals surface area contributed by atoms with Crippen molar-refractivity contribution in [2.75, 3.05) is 36.2 Å². The Labute approximate surface area is 209 Å². The van der Waals surface area contributed by atoms with Crippen LogP contribution in [0.25, 0.3) is 22.8 Å². The second-order valence-electron chi connectivity index (χ2n) is 9.45. The zero-order valence-electron chi connectivity index (χ0n) is 20.2. The highest BCUT2D eigenvalue weighted by molar-refractivity contribution is 7.98. The largest absolute Gasteiger partial charge is 0.377 e. The highest BCUT2D eigenvalue weighted by Gasteiger charge is 2.33. The number of anilines is 2. The van der Waals surface area contributed by atoms with Gasteiger partial charge >= 0.3 is 6.03 Å². The van der Waals surface area contributed by atoms with Crippen molar-refractivity contribution in [2.45, 2.75) is 43.2 Å². The number of nitrogens with one attached hydrogen (secondary N) is 2. The van der Waals surface area contributed by atoms with Crippen LogP contribution in [0.5, 0.6) is 0 Å². The molecule has 5 rings (SSSR count). The normalized spacial score (nSPS) is 17.2. The predicted octanol–water partition coefficient (Wildman–Crippen LogP) is 4.83. The molecule has 0 unspecified atom stereocenters. The maximum Gasteiger partial charge on any atom is 0.319 e. The number of hydrogen-bond acceptors (Lipinski definition) is 7. The summed E-state index contributed by atoms with van der Waals surface area (Å²) in [5, 5.41) is 5.83. The van der Waals surface area contributed by atoms with Crippen LogP contribution >= 0.6 is 11.8 Å². The molecule has 1 saturated carbocycles. The Kier molecular flexibility index (Phi) is 6.62. The topological polar surface area (TPSA) is 92.3 Å². The minimum Gasteiger partial charge on any atom is -0.377 e. The van der Waals surface area contributed by atoms with Crippen molar-refractivity contribution in [1.29, 1.82) is 0 Å². The molecule has 0 atom stereocenters. The summed E-state index contributed by atoms with van der Waals surface area (Å²) in [4.78, 5) is 30.1. The number of thioether (sulfide) groups is 1. The van der Waals surface area contributed by atoms with Crippen molar-refractivity contribution in [1.82, 2.24) is 20.3 Å². The van der Waals surface area contributed by atoms with Crippen molar-refractivity contribution >= 4 is 29.4 Å². The molecule has 0 spiro atoms. The quantitative estimate of drug-likeness (QED) is 0.478. The first-order chi connectivity index (χ1) is 16.9. The zero-order chi connectivity index (χ0) is 24.4. The van der Waals surface area contributed by atoms with Crippen LogP contribution in [0.3, 0.4) is 0 Å². The number of benzene rings is 2. The monoisotopic (exact) mass is 490 g/mol. The Hall–Kier alpha value is -3.17. The molecular weight excluding hydrogens is 460 g/mol. The molecule has 2 fully saturated rings. The fourth-order valence-electron chi connectivity index (χ4n) is 4.08. The summed E-state index contributed by atoms with van der Waals surface area (Å²) in [7, 11) is 0. The number of urea groups is 1. The molecule has 35 heavy (non-hydrogen) atoms. The molecule has 0 radical (unpaired) electrons. The molecule has 1 aliphatic carbocycles. The van der Waals surface area contributed by atoms with Crippen molar-refractivity contribution in [3.8, 4) is 22.8 Å². The van der Waals surface area contributed by atoms with Gasteiger partial charge in [-0.1, -0.05) is 18.2 Å². The molecule has 0 bridgehead atoms. The highest BCUT2D eigenvalue weighted by atomic mass is 32.2. The van der Waals surface area contributed by atoms with E-state index in [9.17, 15) is 4.79 Å². The number of aromatic nitrogens is 3. The van der Waals surface area contributed by atoms with Gasteiger partial charge in [0.1, 0.15) is 0 Å². The zero-order valence-corrected chi connectivity index (χ0v) is 21.1. The van der Waals surface area contributed by atoms with Crippen molar-refractivity contribution < 1.29 is 9.53 Å². The molecule has 8 nitrogen and oxygen atoms in total. The minimum absolute atomic E-state index is 0.173. The third-order valence-electron chi connectivity index (χ3n) is 6.17. The summed E-state index contributed by atoms with van der Waals surface area (Å²) < 4.78 is 5.72. The van der Waals surface area contributed by atoms with E-state index in [2.05, 4.69) is 41.7 Å². The van der Waals surface area contributed by atoms with Crippen molar-refractivity contribution in [3.63, 3.8) is 0 Å². The molecule has 1 aliphatic heterocycles. The van der Waals surface area contributed by atoms with Crippen LogP contribution in [0.2, 0.25) is 0 Å². The fraction of sp³-hybridized carbons (Fsp3) is 0.385. The molecule has 2 amide bonds. The second kappa shape index (κ2) is 9.83. The summed E-state index contributed by atoms with van der Waals surface area (Å²) in [5.41, 5.74) is 2.32. The van der Waals surface area contributed by atoms with Crippen molar-refractivity contribution in [2.24, 2.45) is 0 Å². The summed E-state index contributed by atoms with van der Waals surface area (Å²) in [5.74, 6) is 1.88. The molecule has 2 aliphatic rings. The van der Waals surface area contributed by atoms with E-state index < -0.39 is 0 Å². The molecule has 182 valence electrons. The van der Waals surface area contributed by atoms with Gasteiger partial charge in [0.15, 0.2) is 11.6 Å². The first-order valence-electron chi connectivity index (χ1n) is 11.9. The number of carbonyl (C=O) groups is 1. The summed E-state index contributed by atoms with van der Waals surface area (Å²) >= 11 is 1.67. The molecule has 2 N–H and O–H groups in total. The number of rotatable bonds is 6.